The molecular formula is C14H10BrClINO. The highest BCUT2D eigenvalue weighted by Gasteiger charge is 2.08. The lowest BCUT2D eigenvalue weighted by Gasteiger charge is -2.08. The predicted molar refractivity (Wildman–Crippen MR) is 91.2 cm³/mol. The summed E-state index contributed by atoms with van der Waals surface area (Å²) in [4.78, 5) is 12.1. The molecule has 2 nitrogen and oxygen atoms in total. The van der Waals surface area contributed by atoms with Gasteiger partial charge in [0.25, 0.3) is 5.91 Å². The van der Waals surface area contributed by atoms with Crippen molar-refractivity contribution in [3.63, 3.8) is 0 Å². The molecule has 0 fully saturated rings. The minimum absolute atomic E-state index is 0.124. The number of alkyl halides is 1. The molecule has 1 amide bonds. The molecule has 0 heterocycles. The van der Waals surface area contributed by atoms with Crippen LogP contribution in [0.15, 0.2) is 42.5 Å². The first-order valence-electron chi connectivity index (χ1n) is 5.51. The van der Waals surface area contributed by atoms with Crippen molar-refractivity contribution in [3.8, 4) is 0 Å². The number of nitrogens with one attached hydrogen (secondary N) is 1. The number of anilines is 1. The van der Waals surface area contributed by atoms with Crippen molar-refractivity contribution in [2.75, 3.05) is 5.32 Å². The van der Waals surface area contributed by atoms with Gasteiger partial charge in [-0.2, -0.15) is 0 Å². The minimum atomic E-state index is -0.124. The molecule has 0 saturated heterocycles. The van der Waals surface area contributed by atoms with Crippen molar-refractivity contribution >= 4 is 61.7 Å². The Bertz CT molecular complexity index is 601. The molecular weight excluding hydrogens is 440 g/mol. The molecule has 2 rings (SSSR count). The molecule has 0 aromatic heterocycles. The van der Waals surface area contributed by atoms with Crippen LogP contribution in [0.4, 0.5) is 5.69 Å². The number of amides is 1. The monoisotopic (exact) mass is 449 g/mol. The minimum Gasteiger partial charge on any atom is -0.321 e. The Morgan fingerprint density at radius 3 is 2.47 bits per heavy atom. The van der Waals surface area contributed by atoms with E-state index in [0.29, 0.717) is 10.6 Å². The Labute approximate surface area is 138 Å². The molecule has 0 atom stereocenters. The summed E-state index contributed by atoms with van der Waals surface area (Å²) >= 11 is 11.4. The number of carbonyl (C=O) groups excluding carboxylic acids is 1. The van der Waals surface area contributed by atoms with Gasteiger partial charge >= 0.3 is 0 Å². The normalized spacial score (nSPS) is 10.3. The summed E-state index contributed by atoms with van der Waals surface area (Å²) in [5, 5.41) is 4.31. The van der Waals surface area contributed by atoms with E-state index in [1.165, 1.54) is 0 Å². The van der Waals surface area contributed by atoms with E-state index in [1.807, 2.05) is 30.3 Å². The van der Waals surface area contributed by atoms with E-state index in [9.17, 15) is 4.79 Å². The van der Waals surface area contributed by atoms with Crippen molar-refractivity contribution < 1.29 is 4.79 Å². The summed E-state index contributed by atoms with van der Waals surface area (Å²) in [7, 11) is 0. The molecule has 19 heavy (non-hydrogen) atoms. The lowest BCUT2D eigenvalue weighted by atomic mass is 10.1. The third-order valence-electron chi connectivity index (χ3n) is 2.55. The molecule has 0 radical (unpaired) electrons. The van der Waals surface area contributed by atoms with E-state index in [4.69, 9.17) is 11.6 Å². The molecule has 5 heteroatoms. The van der Waals surface area contributed by atoms with E-state index < -0.39 is 0 Å². The van der Waals surface area contributed by atoms with Gasteiger partial charge in [-0.15, -0.1) is 0 Å². The number of benzene rings is 2. The summed E-state index contributed by atoms with van der Waals surface area (Å²) in [6.45, 7) is 0. The van der Waals surface area contributed by atoms with Crippen LogP contribution in [0.1, 0.15) is 15.9 Å². The van der Waals surface area contributed by atoms with Gasteiger partial charge in [0.15, 0.2) is 0 Å². The molecule has 2 aromatic rings. The molecule has 0 bridgehead atoms. The molecule has 1 N–H and O–H groups in total. The molecule has 0 unspecified atom stereocenters. The molecule has 0 aliphatic rings. The van der Waals surface area contributed by atoms with Crippen LogP contribution in [0.2, 0.25) is 5.02 Å². The van der Waals surface area contributed by atoms with Crippen LogP contribution in [-0.2, 0) is 5.33 Å². The van der Waals surface area contributed by atoms with Crippen molar-refractivity contribution in [2.45, 2.75) is 5.33 Å². The van der Waals surface area contributed by atoms with Crippen molar-refractivity contribution in [3.05, 3.63) is 62.2 Å². The van der Waals surface area contributed by atoms with E-state index in [2.05, 4.69) is 43.8 Å². The van der Waals surface area contributed by atoms with Crippen LogP contribution in [0.5, 0.6) is 0 Å². The van der Waals surface area contributed by atoms with Gasteiger partial charge in [-0.1, -0.05) is 39.7 Å². The average molecular weight is 451 g/mol. The fourth-order valence-corrected chi connectivity index (χ4v) is 2.91. The maximum Gasteiger partial charge on any atom is 0.255 e. The molecule has 0 aliphatic heterocycles. The number of hydrogen-bond acceptors (Lipinski definition) is 1. The standard InChI is InChI=1S/C14H10BrClINO/c15-8-9-1-3-10(4-2-9)14(19)18-13-6-5-11(16)7-12(13)17/h1-7H,8H2,(H,18,19). The predicted octanol–water partition coefficient (Wildman–Crippen LogP) is 5.09. The Morgan fingerprint density at radius 2 is 1.89 bits per heavy atom. The van der Waals surface area contributed by atoms with Gasteiger partial charge in [-0.05, 0) is 58.5 Å². The van der Waals surface area contributed by atoms with Gasteiger partial charge in [0.2, 0.25) is 0 Å². The van der Waals surface area contributed by atoms with E-state index >= 15 is 0 Å². The van der Waals surface area contributed by atoms with Crippen molar-refractivity contribution in [1.29, 1.82) is 0 Å². The quantitative estimate of drug-likeness (QED) is 0.512. The maximum absolute atomic E-state index is 12.1. The maximum atomic E-state index is 12.1. The van der Waals surface area contributed by atoms with Crippen LogP contribution in [0, 0.1) is 3.57 Å². The Kier molecular flexibility index (Phi) is 5.24. The largest absolute Gasteiger partial charge is 0.321 e. The lowest BCUT2D eigenvalue weighted by molar-refractivity contribution is 0.102. The number of rotatable bonds is 3. The second-order valence-electron chi connectivity index (χ2n) is 3.91. The highest BCUT2D eigenvalue weighted by atomic mass is 127. The second kappa shape index (κ2) is 6.72. The molecule has 0 aliphatic carbocycles. The Balaban J connectivity index is 2.15. The SMILES string of the molecule is O=C(Nc1ccc(Cl)cc1I)c1ccc(CBr)cc1. The lowest BCUT2D eigenvalue weighted by Crippen LogP contribution is -2.12. The molecule has 98 valence electrons. The molecule has 0 saturated carbocycles. The first kappa shape index (κ1) is 14.8. The van der Waals surface area contributed by atoms with E-state index in [1.54, 1.807) is 12.1 Å². The van der Waals surface area contributed by atoms with Gasteiger partial charge in [-0.3, -0.25) is 4.79 Å². The first-order chi connectivity index (χ1) is 9.10. The average Bonchev–Trinajstić information content (AvgIpc) is 2.42. The van der Waals surface area contributed by atoms with Crippen LogP contribution in [0.25, 0.3) is 0 Å². The number of halogens is 3. The van der Waals surface area contributed by atoms with Gasteiger partial charge in [-0.25, -0.2) is 0 Å². The van der Waals surface area contributed by atoms with Gasteiger partial charge in [0.05, 0.1) is 5.69 Å². The van der Waals surface area contributed by atoms with Crippen LogP contribution in [0.3, 0.4) is 0 Å². The van der Waals surface area contributed by atoms with Crippen LogP contribution < -0.4 is 5.32 Å². The third-order valence-corrected chi connectivity index (χ3v) is 4.32. The van der Waals surface area contributed by atoms with Crippen LogP contribution >= 0.6 is 50.1 Å². The molecule has 2 aromatic carbocycles. The fourth-order valence-electron chi connectivity index (χ4n) is 1.53. The van der Waals surface area contributed by atoms with E-state index in [0.717, 1.165) is 20.2 Å². The first-order valence-corrected chi connectivity index (χ1v) is 8.09. The van der Waals surface area contributed by atoms with E-state index in [-0.39, 0.29) is 5.91 Å². The summed E-state index contributed by atoms with van der Waals surface area (Å²) in [5.41, 5.74) is 2.53. The highest BCUT2D eigenvalue weighted by Crippen LogP contribution is 2.23. The zero-order chi connectivity index (χ0) is 13.8. The summed E-state index contributed by atoms with van der Waals surface area (Å²) < 4.78 is 0.913. The van der Waals surface area contributed by atoms with Crippen LogP contribution in [-0.4, -0.2) is 5.91 Å². The third kappa shape index (κ3) is 3.94. The number of carbonyl (C=O) groups is 1. The summed E-state index contributed by atoms with van der Waals surface area (Å²) in [6, 6.07) is 12.9. The zero-order valence-corrected chi connectivity index (χ0v) is 14.3. The zero-order valence-electron chi connectivity index (χ0n) is 9.79. The van der Waals surface area contributed by atoms with Gasteiger partial charge < -0.3 is 5.32 Å². The summed E-state index contributed by atoms with van der Waals surface area (Å²) in [5.74, 6) is -0.124. The van der Waals surface area contributed by atoms with Crippen molar-refractivity contribution in [1.82, 2.24) is 0 Å². The Morgan fingerprint density at radius 1 is 1.21 bits per heavy atom. The summed E-state index contributed by atoms with van der Waals surface area (Å²) in [6.07, 6.45) is 0. The smallest absolute Gasteiger partial charge is 0.255 e. The second-order valence-corrected chi connectivity index (χ2v) is 6.07. The topological polar surface area (TPSA) is 29.1 Å². The fraction of sp³-hybridized carbons (Fsp3) is 0.0714. The van der Waals surface area contributed by atoms with Gasteiger partial charge in [0.1, 0.15) is 0 Å². The molecule has 0 spiro atoms. The van der Waals surface area contributed by atoms with Crippen molar-refractivity contribution in [2.24, 2.45) is 0 Å². The number of hydrogen-bond donors (Lipinski definition) is 1. The highest BCUT2D eigenvalue weighted by molar-refractivity contribution is 14.1. The Hall–Kier alpha value is -0.590. The van der Waals surface area contributed by atoms with Gasteiger partial charge in [0, 0.05) is 19.5 Å².